The van der Waals surface area contributed by atoms with Crippen molar-refractivity contribution in [3.63, 3.8) is 0 Å². The lowest BCUT2D eigenvalue weighted by atomic mass is 10.0. The van der Waals surface area contributed by atoms with Crippen molar-refractivity contribution in [3.8, 4) is 0 Å². The van der Waals surface area contributed by atoms with Crippen LogP contribution in [0.15, 0.2) is 85.1 Å². The zero-order valence-electron chi connectivity index (χ0n) is 51.7. The molecule has 0 saturated carbocycles. The van der Waals surface area contributed by atoms with Crippen molar-refractivity contribution in [2.75, 3.05) is 13.2 Å². The monoisotopic (exact) mass is 1090 g/mol. The van der Waals surface area contributed by atoms with E-state index in [9.17, 15) is 14.4 Å². The molecule has 1 unspecified atom stereocenters. The molecular weight excluding hydrogens is 961 g/mol. The quantitative estimate of drug-likeness (QED) is 0.0261. The lowest BCUT2D eigenvalue weighted by Gasteiger charge is -2.18. The highest BCUT2D eigenvalue weighted by atomic mass is 16.6. The summed E-state index contributed by atoms with van der Waals surface area (Å²) in [7, 11) is 0. The second-order valence-electron chi connectivity index (χ2n) is 22.4. The largest absolute Gasteiger partial charge is 0.462 e. The summed E-state index contributed by atoms with van der Waals surface area (Å²) in [5, 5.41) is 0. The molecular formula is C72H126O6. The Bertz CT molecular complexity index is 1480. The molecule has 0 bridgehead atoms. The minimum atomic E-state index is -0.778. The molecule has 0 amide bonds. The normalized spacial score (nSPS) is 12.6. The van der Waals surface area contributed by atoms with E-state index in [4.69, 9.17) is 14.2 Å². The van der Waals surface area contributed by atoms with Crippen molar-refractivity contribution in [2.45, 2.75) is 341 Å². The van der Waals surface area contributed by atoms with Gasteiger partial charge in [-0.1, -0.05) is 305 Å². The molecule has 0 heterocycles. The van der Waals surface area contributed by atoms with Gasteiger partial charge in [-0.2, -0.15) is 0 Å². The van der Waals surface area contributed by atoms with Crippen molar-refractivity contribution >= 4 is 17.9 Å². The van der Waals surface area contributed by atoms with E-state index in [-0.39, 0.29) is 31.1 Å². The van der Waals surface area contributed by atoms with Gasteiger partial charge in [0.2, 0.25) is 0 Å². The first-order valence-electron chi connectivity index (χ1n) is 33.6. The maximum absolute atomic E-state index is 12.9. The molecule has 0 N–H and O–H groups in total. The minimum absolute atomic E-state index is 0.0747. The summed E-state index contributed by atoms with van der Waals surface area (Å²) in [4.78, 5) is 38.3. The number of carbonyl (C=O) groups excluding carboxylic acids is 3. The number of ether oxygens (including phenoxy) is 3. The van der Waals surface area contributed by atoms with Crippen LogP contribution in [0, 0.1) is 0 Å². The number of allylic oxidation sites excluding steroid dienone is 14. The van der Waals surface area contributed by atoms with Crippen LogP contribution in [-0.4, -0.2) is 37.2 Å². The molecule has 0 aliphatic carbocycles. The van der Waals surface area contributed by atoms with E-state index in [0.29, 0.717) is 19.3 Å². The van der Waals surface area contributed by atoms with Gasteiger partial charge in [0.05, 0.1) is 0 Å². The van der Waals surface area contributed by atoms with E-state index >= 15 is 0 Å². The number of esters is 3. The maximum atomic E-state index is 12.9. The van der Waals surface area contributed by atoms with Crippen molar-refractivity contribution in [1.29, 1.82) is 0 Å². The Balaban J connectivity index is 4.22. The molecule has 1 atom stereocenters. The van der Waals surface area contributed by atoms with Gasteiger partial charge in [-0.3, -0.25) is 14.4 Å². The third-order valence-corrected chi connectivity index (χ3v) is 14.6. The van der Waals surface area contributed by atoms with Crippen molar-refractivity contribution in [2.24, 2.45) is 0 Å². The molecule has 0 saturated heterocycles. The molecule has 450 valence electrons. The fourth-order valence-corrected chi connectivity index (χ4v) is 9.62. The highest BCUT2D eigenvalue weighted by Gasteiger charge is 2.19. The Labute approximate surface area is 484 Å². The molecule has 0 radical (unpaired) electrons. The van der Waals surface area contributed by atoms with E-state index in [1.807, 2.05) is 0 Å². The van der Waals surface area contributed by atoms with Crippen molar-refractivity contribution in [3.05, 3.63) is 85.1 Å². The number of rotatable bonds is 61. The van der Waals surface area contributed by atoms with Gasteiger partial charge in [-0.25, -0.2) is 0 Å². The lowest BCUT2D eigenvalue weighted by Crippen LogP contribution is -2.30. The molecule has 0 rings (SSSR count). The Morgan fingerprint density at radius 1 is 0.269 bits per heavy atom. The van der Waals surface area contributed by atoms with E-state index in [1.54, 1.807) is 0 Å². The smallest absolute Gasteiger partial charge is 0.306 e. The van der Waals surface area contributed by atoms with Gasteiger partial charge in [0.25, 0.3) is 0 Å². The summed E-state index contributed by atoms with van der Waals surface area (Å²) < 4.78 is 16.9. The van der Waals surface area contributed by atoms with Crippen LogP contribution in [-0.2, 0) is 28.6 Å². The molecule has 0 aromatic heterocycles. The molecule has 78 heavy (non-hydrogen) atoms. The topological polar surface area (TPSA) is 78.9 Å². The number of carbonyl (C=O) groups is 3. The minimum Gasteiger partial charge on any atom is -0.462 e. The molecule has 0 aromatic rings. The summed E-state index contributed by atoms with van der Waals surface area (Å²) in [6, 6.07) is 0. The first kappa shape index (κ1) is 74.6. The van der Waals surface area contributed by atoms with Crippen molar-refractivity contribution in [1.82, 2.24) is 0 Å². The van der Waals surface area contributed by atoms with Crippen LogP contribution in [0.5, 0.6) is 0 Å². The third-order valence-electron chi connectivity index (χ3n) is 14.6. The molecule has 6 heteroatoms. The van der Waals surface area contributed by atoms with Crippen molar-refractivity contribution < 1.29 is 28.6 Å². The summed E-state index contributed by atoms with van der Waals surface area (Å²) in [6.45, 7) is 6.55. The first-order chi connectivity index (χ1) is 38.5. The maximum Gasteiger partial charge on any atom is 0.306 e. The van der Waals surface area contributed by atoms with Gasteiger partial charge in [0.1, 0.15) is 13.2 Å². The summed E-state index contributed by atoms with van der Waals surface area (Å²) in [5.41, 5.74) is 0. The van der Waals surface area contributed by atoms with Crippen LogP contribution in [0.4, 0.5) is 0 Å². The van der Waals surface area contributed by atoms with E-state index in [2.05, 4.69) is 106 Å². The zero-order chi connectivity index (χ0) is 56.4. The van der Waals surface area contributed by atoms with Crippen LogP contribution in [0.2, 0.25) is 0 Å². The number of hydrogen-bond donors (Lipinski definition) is 0. The summed E-state index contributed by atoms with van der Waals surface area (Å²) in [5.74, 6) is -0.868. The third kappa shape index (κ3) is 63.4. The molecule has 0 fully saturated rings. The highest BCUT2D eigenvalue weighted by Crippen LogP contribution is 2.17. The van der Waals surface area contributed by atoms with Crippen LogP contribution in [0.1, 0.15) is 335 Å². The van der Waals surface area contributed by atoms with Crippen LogP contribution in [0.25, 0.3) is 0 Å². The van der Waals surface area contributed by atoms with Gasteiger partial charge in [0.15, 0.2) is 6.10 Å². The van der Waals surface area contributed by atoms with E-state index < -0.39 is 6.10 Å². The number of hydrogen-bond acceptors (Lipinski definition) is 6. The predicted molar refractivity (Wildman–Crippen MR) is 339 cm³/mol. The van der Waals surface area contributed by atoms with Gasteiger partial charge in [0, 0.05) is 19.3 Å². The predicted octanol–water partition coefficient (Wildman–Crippen LogP) is 23.1. The summed E-state index contributed by atoms with van der Waals surface area (Å²) >= 11 is 0. The average molecular weight is 1090 g/mol. The molecule has 6 nitrogen and oxygen atoms in total. The molecule has 0 aliphatic rings. The van der Waals surface area contributed by atoms with E-state index in [0.717, 1.165) is 96.3 Å². The van der Waals surface area contributed by atoms with Gasteiger partial charge < -0.3 is 14.2 Å². The molecule has 0 aliphatic heterocycles. The fourth-order valence-electron chi connectivity index (χ4n) is 9.62. The standard InChI is InChI=1S/C72H126O6/c1-4-7-10-13-16-19-22-24-26-28-30-32-33-34-35-36-37-38-39-41-42-44-46-48-50-53-56-59-62-65-71(74)77-68-69(67-76-70(73)64-61-58-55-52-21-18-15-12-9-6-3)78-72(75)66-63-60-57-54-51-49-47-45-43-40-31-29-27-25-23-20-17-14-11-8-5-2/h7,10,16,19,24,26,29-32,34-35,37-38,69H,4-6,8-9,11-15,17-18,20-23,25,27-28,33,36,39-68H2,1-3H3/b10-7-,19-16-,26-24-,31-29-,32-30-,35-34-,38-37-. The average Bonchev–Trinajstić information content (AvgIpc) is 3.44. The van der Waals surface area contributed by atoms with Crippen LogP contribution >= 0.6 is 0 Å². The van der Waals surface area contributed by atoms with Gasteiger partial charge >= 0.3 is 17.9 Å². The molecule has 0 aromatic carbocycles. The fraction of sp³-hybridized carbons (Fsp3) is 0.764. The highest BCUT2D eigenvalue weighted by molar-refractivity contribution is 5.71. The SMILES string of the molecule is CC/C=C\C/C=C\C/C=C\C/C=C\C/C=C\C/C=C\CCCCCCCCCCCCC(=O)OCC(COC(=O)CCCCCCCCCCCC)OC(=O)CCCCCCCCCCC/C=C\CCCCCCCCCC. The zero-order valence-corrected chi connectivity index (χ0v) is 51.7. The summed E-state index contributed by atoms with van der Waals surface area (Å²) in [6.07, 6.45) is 87.5. The molecule has 0 spiro atoms. The van der Waals surface area contributed by atoms with Crippen LogP contribution in [0.3, 0.4) is 0 Å². The van der Waals surface area contributed by atoms with Crippen LogP contribution < -0.4 is 0 Å². The second kappa shape index (κ2) is 66.1. The Hall–Kier alpha value is -3.41. The first-order valence-corrected chi connectivity index (χ1v) is 33.6. The Morgan fingerprint density at radius 2 is 0.500 bits per heavy atom. The Morgan fingerprint density at radius 3 is 0.795 bits per heavy atom. The Kier molecular flexibility index (Phi) is 63.2. The van der Waals surface area contributed by atoms with E-state index in [1.165, 1.54) is 199 Å². The lowest BCUT2D eigenvalue weighted by molar-refractivity contribution is -0.167. The van der Waals surface area contributed by atoms with Gasteiger partial charge in [-0.05, 0) is 96.3 Å². The second-order valence-corrected chi connectivity index (χ2v) is 22.4. The van der Waals surface area contributed by atoms with Gasteiger partial charge in [-0.15, -0.1) is 0 Å². The number of unbranched alkanes of at least 4 members (excludes halogenated alkanes) is 36.